The molecule has 1 atom stereocenters. The molecule has 0 aromatic carbocycles. The van der Waals surface area contributed by atoms with E-state index in [1.54, 1.807) is 0 Å². The Morgan fingerprint density at radius 1 is 1.40 bits per heavy atom. The van der Waals surface area contributed by atoms with Gasteiger partial charge in [0.15, 0.2) is 0 Å². The van der Waals surface area contributed by atoms with Gasteiger partial charge in [0.2, 0.25) is 0 Å². The molecule has 4 heteroatoms. The van der Waals surface area contributed by atoms with E-state index in [-0.39, 0.29) is 4.75 Å². The van der Waals surface area contributed by atoms with Crippen molar-refractivity contribution in [1.82, 2.24) is 0 Å². The van der Waals surface area contributed by atoms with Crippen molar-refractivity contribution in [2.24, 2.45) is 10.3 Å². The Hall–Kier alpha value is -0.0600. The Kier molecular flexibility index (Phi) is 5.09. The average molecular weight is 231 g/mol. The van der Waals surface area contributed by atoms with Crippen LogP contribution in [0.4, 0.5) is 0 Å². The van der Waals surface area contributed by atoms with Gasteiger partial charge in [-0.3, -0.25) is 0 Å². The molecule has 0 N–H and O–H groups in total. The van der Waals surface area contributed by atoms with Crippen LogP contribution in [-0.4, -0.2) is 28.7 Å². The Bertz CT molecular complexity index is 207. The van der Waals surface area contributed by atoms with Crippen molar-refractivity contribution in [3.05, 3.63) is 0 Å². The average Bonchev–Trinajstić information content (AvgIpc) is 2.18. The van der Waals surface area contributed by atoms with Crippen molar-refractivity contribution in [2.45, 2.75) is 44.8 Å². The normalized spacial score (nSPS) is 22.1. The summed E-state index contributed by atoms with van der Waals surface area (Å²) in [4.78, 5) is 0. The summed E-state index contributed by atoms with van der Waals surface area (Å²) in [6.07, 6.45) is 4.98. The zero-order chi connectivity index (χ0) is 11.3. The van der Waals surface area contributed by atoms with Crippen molar-refractivity contribution < 1.29 is 9.29 Å². The molecule has 1 fully saturated rings. The summed E-state index contributed by atoms with van der Waals surface area (Å²) in [6, 6.07) is 0. The first-order chi connectivity index (χ1) is 7.00. The van der Waals surface area contributed by atoms with Crippen LogP contribution < -0.4 is 0 Å². The van der Waals surface area contributed by atoms with Crippen molar-refractivity contribution in [2.75, 3.05) is 13.2 Å². The minimum atomic E-state index is -1.10. The quantitative estimate of drug-likeness (QED) is 0.553. The molecule has 0 spiro atoms. The molecule has 1 aliphatic heterocycles. The van der Waals surface area contributed by atoms with Gasteiger partial charge < -0.3 is 9.29 Å². The third-order valence-electron chi connectivity index (χ3n) is 2.47. The fourth-order valence-corrected chi connectivity index (χ4v) is 1.94. The van der Waals surface area contributed by atoms with Crippen LogP contribution in [0, 0.1) is 5.92 Å². The van der Waals surface area contributed by atoms with Crippen LogP contribution in [0.5, 0.6) is 0 Å². The van der Waals surface area contributed by atoms with E-state index in [9.17, 15) is 4.55 Å². The second kappa shape index (κ2) is 5.87. The minimum Gasteiger partial charge on any atom is -0.591 e. The molecule has 15 heavy (non-hydrogen) atoms. The molecule has 0 unspecified atom stereocenters. The monoisotopic (exact) mass is 231 g/mol. The van der Waals surface area contributed by atoms with Gasteiger partial charge in [0.1, 0.15) is 16.1 Å². The van der Waals surface area contributed by atoms with Gasteiger partial charge in [-0.15, -0.1) is 0 Å². The van der Waals surface area contributed by atoms with Gasteiger partial charge >= 0.3 is 0 Å². The van der Waals surface area contributed by atoms with Crippen molar-refractivity contribution in [1.29, 1.82) is 0 Å². The van der Waals surface area contributed by atoms with E-state index in [0.29, 0.717) is 5.92 Å². The molecule has 1 saturated heterocycles. The molecule has 1 rings (SSSR count). The predicted octanol–water partition coefficient (Wildman–Crippen LogP) is 2.34. The lowest BCUT2D eigenvalue weighted by atomic mass is 9.97. The van der Waals surface area contributed by atoms with Gasteiger partial charge in [0.05, 0.1) is 6.21 Å². The number of nitrogens with zero attached hydrogens (tertiary/aromatic N) is 1. The van der Waals surface area contributed by atoms with E-state index in [4.69, 9.17) is 4.74 Å². The fourth-order valence-electron chi connectivity index (χ4n) is 1.40. The molecule has 88 valence electrons. The van der Waals surface area contributed by atoms with E-state index in [1.165, 1.54) is 0 Å². The van der Waals surface area contributed by atoms with Crippen LogP contribution in [0.15, 0.2) is 4.40 Å². The molecule has 0 aromatic rings. The summed E-state index contributed by atoms with van der Waals surface area (Å²) in [5.74, 6) is 0.666. The van der Waals surface area contributed by atoms with Crippen molar-refractivity contribution in [3.63, 3.8) is 0 Å². The zero-order valence-corrected chi connectivity index (χ0v) is 10.7. The molecule has 0 aliphatic carbocycles. The molecule has 1 aliphatic rings. The zero-order valence-electron chi connectivity index (χ0n) is 9.86. The summed E-state index contributed by atoms with van der Waals surface area (Å²) < 4.78 is 20.7. The summed E-state index contributed by atoms with van der Waals surface area (Å²) in [5.41, 5.74) is 0. The summed E-state index contributed by atoms with van der Waals surface area (Å²) in [5, 5.41) is 0. The maximum absolute atomic E-state index is 11.6. The molecule has 1 heterocycles. The molecule has 0 radical (unpaired) electrons. The number of ether oxygens (including phenoxy) is 1. The topological polar surface area (TPSA) is 44.7 Å². The van der Waals surface area contributed by atoms with Crippen LogP contribution in [0.2, 0.25) is 0 Å². The van der Waals surface area contributed by atoms with E-state index in [1.807, 2.05) is 27.0 Å². The molecular weight excluding hydrogens is 210 g/mol. The van der Waals surface area contributed by atoms with E-state index >= 15 is 0 Å². The van der Waals surface area contributed by atoms with E-state index in [2.05, 4.69) is 4.40 Å². The highest BCUT2D eigenvalue weighted by atomic mass is 32.2. The highest BCUT2D eigenvalue weighted by molar-refractivity contribution is 7.91. The summed E-state index contributed by atoms with van der Waals surface area (Å²) in [6.45, 7) is 7.54. The van der Waals surface area contributed by atoms with Crippen LogP contribution in [-0.2, 0) is 16.1 Å². The van der Waals surface area contributed by atoms with Gasteiger partial charge in [0.25, 0.3) is 0 Å². The molecule has 0 bridgehead atoms. The van der Waals surface area contributed by atoms with Crippen molar-refractivity contribution >= 4 is 17.6 Å². The standard InChI is InChI=1S/C11H21NO2S/c1-11(2,3)15(13)12-7-4-10-5-8-14-9-6-10/h7,10H,4-6,8-9H2,1-3H3/t15-/m1/s1. The van der Waals surface area contributed by atoms with Crippen LogP contribution in [0.1, 0.15) is 40.0 Å². The van der Waals surface area contributed by atoms with E-state index in [0.717, 1.165) is 32.5 Å². The van der Waals surface area contributed by atoms with Crippen LogP contribution in [0.25, 0.3) is 0 Å². The third kappa shape index (κ3) is 5.00. The Balaban J connectivity index is 2.26. The first-order valence-electron chi connectivity index (χ1n) is 5.52. The van der Waals surface area contributed by atoms with Crippen LogP contribution in [0.3, 0.4) is 0 Å². The van der Waals surface area contributed by atoms with E-state index < -0.39 is 11.4 Å². The second-order valence-corrected chi connectivity index (χ2v) is 6.87. The third-order valence-corrected chi connectivity index (χ3v) is 3.86. The van der Waals surface area contributed by atoms with Gasteiger partial charge in [-0.1, -0.05) is 4.40 Å². The molecule has 0 aromatic heterocycles. The largest absolute Gasteiger partial charge is 0.591 e. The van der Waals surface area contributed by atoms with Crippen LogP contribution >= 0.6 is 0 Å². The Morgan fingerprint density at radius 3 is 2.53 bits per heavy atom. The lowest BCUT2D eigenvalue weighted by Gasteiger charge is -2.21. The number of hydrogen-bond donors (Lipinski definition) is 0. The fraction of sp³-hybridized carbons (Fsp3) is 0.909. The first-order valence-corrected chi connectivity index (χ1v) is 6.63. The Morgan fingerprint density at radius 2 is 2.00 bits per heavy atom. The Labute approximate surface area is 95.6 Å². The first kappa shape index (κ1) is 13.0. The summed E-state index contributed by atoms with van der Waals surface area (Å²) >= 11 is -1.10. The SMILES string of the molecule is CC(C)(C)[S@@+]([O-])N=CCC1CCOCC1. The second-order valence-electron chi connectivity index (χ2n) is 4.94. The van der Waals surface area contributed by atoms with Gasteiger partial charge in [-0.05, 0) is 46.0 Å². The van der Waals surface area contributed by atoms with Gasteiger partial charge in [-0.25, -0.2) is 0 Å². The van der Waals surface area contributed by atoms with Crippen molar-refractivity contribution in [3.8, 4) is 0 Å². The maximum atomic E-state index is 11.6. The minimum absolute atomic E-state index is 0.244. The summed E-state index contributed by atoms with van der Waals surface area (Å²) in [7, 11) is 0. The maximum Gasteiger partial charge on any atom is 0.144 e. The predicted molar refractivity (Wildman–Crippen MR) is 64.5 cm³/mol. The molecule has 3 nitrogen and oxygen atoms in total. The van der Waals surface area contributed by atoms with Gasteiger partial charge in [-0.2, -0.15) is 0 Å². The lowest BCUT2D eigenvalue weighted by molar-refractivity contribution is 0.0687. The molecule has 0 amide bonds. The number of hydrogen-bond acceptors (Lipinski definition) is 3. The molecular formula is C11H21NO2S. The highest BCUT2D eigenvalue weighted by Gasteiger charge is 2.25. The smallest absolute Gasteiger partial charge is 0.144 e. The molecule has 0 saturated carbocycles. The highest BCUT2D eigenvalue weighted by Crippen LogP contribution is 2.19. The van der Waals surface area contributed by atoms with Gasteiger partial charge in [0, 0.05) is 13.2 Å². The lowest BCUT2D eigenvalue weighted by Crippen LogP contribution is -2.26. The number of rotatable bonds is 3.